The van der Waals surface area contributed by atoms with Crippen molar-refractivity contribution in [3.63, 3.8) is 0 Å². The summed E-state index contributed by atoms with van der Waals surface area (Å²) < 4.78 is 13.3. The number of hydrogen-bond donors (Lipinski definition) is 1. The predicted octanol–water partition coefficient (Wildman–Crippen LogP) is 4.87. The number of aliphatic carboxylic acids is 1. The summed E-state index contributed by atoms with van der Waals surface area (Å²) in [5.41, 5.74) is 3.96. The van der Waals surface area contributed by atoms with Gasteiger partial charge in [0.15, 0.2) is 0 Å². The SMILES string of the molecule is COC(=O)N1c2ccc3c(nc(CC[C@@H]4CCCO4)n3[C@@H]3CCC[C@@H](C(=O)O)C3)c2CC[C@@H]1C. The summed E-state index contributed by atoms with van der Waals surface area (Å²) >= 11 is 0. The fourth-order valence-corrected chi connectivity index (χ4v) is 6.19. The molecule has 1 N–H and O–H groups in total. The van der Waals surface area contributed by atoms with Crippen molar-refractivity contribution in [2.45, 2.75) is 89.3 Å². The third-order valence-electron chi connectivity index (χ3n) is 7.97. The number of methoxy groups -OCH3 is 1. The predicted molar refractivity (Wildman–Crippen MR) is 128 cm³/mol. The number of carboxylic acids is 1. The van der Waals surface area contributed by atoms with Gasteiger partial charge in [0.1, 0.15) is 5.82 Å². The molecule has 0 bridgehead atoms. The van der Waals surface area contributed by atoms with E-state index in [0.717, 1.165) is 92.5 Å². The lowest BCUT2D eigenvalue weighted by Gasteiger charge is -2.34. The third-order valence-corrected chi connectivity index (χ3v) is 7.97. The van der Waals surface area contributed by atoms with Crippen LogP contribution >= 0.6 is 0 Å². The molecule has 1 aromatic heterocycles. The maximum absolute atomic E-state index is 12.6. The zero-order valence-electron chi connectivity index (χ0n) is 20.2. The molecule has 8 nitrogen and oxygen atoms in total. The molecule has 1 amide bonds. The molecule has 1 saturated heterocycles. The smallest absolute Gasteiger partial charge is 0.414 e. The van der Waals surface area contributed by atoms with Crippen LogP contribution in [0.4, 0.5) is 10.5 Å². The maximum Gasteiger partial charge on any atom is 0.414 e. The number of benzene rings is 1. The third kappa shape index (κ3) is 4.17. The van der Waals surface area contributed by atoms with Gasteiger partial charge in [0, 0.05) is 30.7 Å². The number of rotatable bonds is 5. The normalized spacial score (nSPS) is 27.1. The van der Waals surface area contributed by atoms with E-state index in [4.69, 9.17) is 14.5 Å². The number of carbonyl (C=O) groups is 2. The van der Waals surface area contributed by atoms with E-state index in [9.17, 15) is 14.7 Å². The van der Waals surface area contributed by atoms with Crippen LogP contribution in [0.25, 0.3) is 11.0 Å². The van der Waals surface area contributed by atoms with Crippen LogP contribution < -0.4 is 4.90 Å². The lowest BCUT2D eigenvalue weighted by Crippen LogP contribution is -2.42. The number of anilines is 1. The summed E-state index contributed by atoms with van der Waals surface area (Å²) in [6.45, 7) is 2.88. The Bertz CT molecular complexity index is 1070. The number of amides is 1. The van der Waals surface area contributed by atoms with Gasteiger partial charge in [-0.3, -0.25) is 9.69 Å². The number of nitrogens with zero attached hydrogens (tertiary/aromatic N) is 3. The molecule has 5 rings (SSSR count). The molecule has 2 aliphatic heterocycles. The van der Waals surface area contributed by atoms with E-state index in [0.29, 0.717) is 6.42 Å². The van der Waals surface area contributed by atoms with Crippen LogP contribution in [0.1, 0.15) is 75.7 Å². The minimum Gasteiger partial charge on any atom is -0.481 e. The summed E-state index contributed by atoms with van der Waals surface area (Å²) in [5.74, 6) is 0.00352. The summed E-state index contributed by atoms with van der Waals surface area (Å²) in [6, 6.07) is 4.27. The van der Waals surface area contributed by atoms with Crippen molar-refractivity contribution in [3.8, 4) is 0 Å². The van der Waals surface area contributed by atoms with E-state index < -0.39 is 5.97 Å². The van der Waals surface area contributed by atoms with E-state index >= 15 is 0 Å². The van der Waals surface area contributed by atoms with Crippen molar-refractivity contribution in [1.82, 2.24) is 9.55 Å². The van der Waals surface area contributed by atoms with Gasteiger partial charge in [-0.15, -0.1) is 0 Å². The molecule has 3 aliphatic rings. The molecule has 8 heteroatoms. The van der Waals surface area contributed by atoms with Gasteiger partial charge in [0.05, 0.1) is 35.9 Å². The zero-order valence-corrected chi connectivity index (χ0v) is 20.2. The van der Waals surface area contributed by atoms with Crippen LogP contribution in [0.5, 0.6) is 0 Å². The van der Waals surface area contributed by atoms with Gasteiger partial charge >= 0.3 is 12.1 Å². The molecule has 1 saturated carbocycles. The van der Waals surface area contributed by atoms with E-state index in [1.807, 2.05) is 13.0 Å². The molecule has 184 valence electrons. The zero-order chi connectivity index (χ0) is 23.8. The average molecular weight is 470 g/mol. The first-order valence-corrected chi connectivity index (χ1v) is 12.7. The van der Waals surface area contributed by atoms with Gasteiger partial charge in [-0.05, 0) is 70.4 Å². The second-order valence-corrected chi connectivity index (χ2v) is 10.1. The minimum atomic E-state index is -0.699. The average Bonchev–Trinajstić information content (AvgIpc) is 3.49. The number of aromatic nitrogens is 2. The molecular formula is C26H35N3O5. The Morgan fingerprint density at radius 3 is 2.79 bits per heavy atom. The highest BCUT2D eigenvalue weighted by atomic mass is 16.5. The van der Waals surface area contributed by atoms with Crippen LogP contribution in [0.2, 0.25) is 0 Å². The molecule has 4 atom stereocenters. The van der Waals surface area contributed by atoms with Crippen molar-refractivity contribution in [2.75, 3.05) is 18.6 Å². The summed E-state index contributed by atoms with van der Waals surface area (Å²) in [5, 5.41) is 9.68. The van der Waals surface area contributed by atoms with Gasteiger partial charge in [-0.1, -0.05) is 6.42 Å². The van der Waals surface area contributed by atoms with Gasteiger partial charge in [0.2, 0.25) is 0 Å². The Morgan fingerprint density at radius 1 is 1.21 bits per heavy atom. The number of imidazole rings is 1. The summed E-state index contributed by atoms with van der Waals surface area (Å²) in [4.78, 5) is 31.2. The molecule has 1 aromatic carbocycles. The van der Waals surface area contributed by atoms with Gasteiger partial charge in [-0.2, -0.15) is 0 Å². The van der Waals surface area contributed by atoms with Gasteiger partial charge in [-0.25, -0.2) is 9.78 Å². The molecule has 0 spiro atoms. The number of fused-ring (bicyclic) bond motifs is 3. The Kier molecular flexibility index (Phi) is 6.51. The van der Waals surface area contributed by atoms with Gasteiger partial charge < -0.3 is 19.1 Å². The number of aryl methyl sites for hydroxylation is 2. The van der Waals surface area contributed by atoms with Crippen molar-refractivity contribution in [1.29, 1.82) is 0 Å². The summed E-state index contributed by atoms with van der Waals surface area (Å²) in [6.07, 6.45) is 8.81. The number of carbonyl (C=O) groups excluding carboxylic acids is 1. The molecule has 0 unspecified atom stereocenters. The second-order valence-electron chi connectivity index (χ2n) is 10.1. The summed E-state index contributed by atoms with van der Waals surface area (Å²) in [7, 11) is 1.42. The topological polar surface area (TPSA) is 93.9 Å². The van der Waals surface area contributed by atoms with Crippen LogP contribution in [-0.2, 0) is 27.1 Å². The van der Waals surface area contributed by atoms with Crippen molar-refractivity contribution in [3.05, 3.63) is 23.5 Å². The van der Waals surface area contributed by atoms with E-state index in [2.05, 4.69) is 10.6 Å². The molecule has 34 heavy (non-hydrogen) atoms. The Morgan fingerprint density at radius 2 is 2.06 bits per heavy atom. The van der Waals surface area contributed by atoms with Crippen LogP contribution in [0.3, 0.4) is 0 Å². The molecule has 0 radical (unpaired) electrons. The van der Waals surface area contributed by atoms with Crippen molar-refractivity contribution >= 4 is 28.8 Å². The van der Waals surface area contributed by atoms with Crippen molar-refractivity contribution in [2.24, 2.45) is 5.92 Å². The van der Waals surface area contributed by atoms with Crippen LogP contribution in [-0.4, -0.2) is 52.6 Å². The molecule has 2 fully saturated rings. The van der Waals surface area contributed by atoms with Crippen LogP contribution in [0, 0.1) is 5.92 Å². The standard InChI is InChI=1S/C26H35N3O5/c1-16-8-10-20-21(28(16)26(32)33-2)11-12-22-24(20)27-23(13-9-19-7-4-14-34-19)29(22)18-6-3-5-17(15-18)25(30)31/h11-12,16-19H,3-10,13-15H2,1-2H3,(H,30,31)/t16-,17+,18+,19-/m0/s1. The first-order valence-electron chi connectivity index (χ1n) is 12.7. The first-order chi connectivity index (χ1) is 16.5. The number of carboxylic acid groups (broad SMARTS) is 1. The van der Waals surface area contributed by atoms with Gasteiger partial charge in [0.25, 0.3) is 0 Å². The number of hydrogen-bond acceptors (Lipinski definition) is 5. The highest BCUT2D eigenvalue weighted by Crippen LogP contribution is 2.41. The second kappa shape index (κ2) is 9.56. The van der Waals surface area contributed by atoms with Crippen LogP contribution in [0.15, 0.2) is 12.1 Å². The Balaban J connectivity index is 1.57. The lowest BCUT2D eigenvalue weighted by atomic mass is 9.85. The van der Waals surface area contributed by atoms with E-state index in [1.165, 1.54) is 7.11 Å². The van der Waals surface area contributed by atoms with Crippen molar-refractivity contribution < 1.29 is 24.2 Å². The lowest BCUT2D eigenvalue weighted by molar-refractivity contribution is -0.143. The fourth-order valence-electron chi connectivity index (χ4n) is 6.19. The highest BCUT2D eigenvalue weighted by molar-refractivity contribution is 5.95. The van der Waals surface area contributed by atoms with E-state index in [-0.39, 0.29) is 30.2 Å². The quantitative estimate of drug-likeness (QED) is 0.671. The Hall–Kier alpha value is -2.61. The molecule has 1 aliphatic carbocycles. The van der Waals surface area contributed by atoms with E-state index in [1.54, 1.807) is 4.90 Å². The molecule has 3 heterocycles. The maximum atomic E-state index is 12.6. The monoisotopic (exact) mass is 469 g/mol. The minimum absolute atomic E-state index is 0.0631. The largest absolute Gasteiger partial charge is 0.481 e. The first kappa shape index (κ1) is 23.1. The Labute approximate surface area is 200 Å². The molecule has 2 aromatic rings. The highest BCUT2D eigenvalue weighted by Gasteiger charge is 2.34. The number of ether oxygens (including phenoxy) is 2. The molecular weight excluding hydrogens is 434 g/mol. The fraction of sp³-hybridized carbons (Fsp3) is 0.654.